The van der Waals surface area contributed by atoms with Crippen LogP contribution in [-0.2, 0) is 4.79 Å². The van der Waals surface area contributed by atoms with Crippen LogP contribution in [0.15, 0.2) is 28.5 Å². The highest BCUT2D eigenvalue weighted by atomic mass is 16.4. The highest BCUT2D eigenvalue weighted by Crippen LogP contribution is 2.37. The number of oxime groups is 1. The third kappa shape index (κ3) is 1.20. The van der Waals surface area contributed by atoms with Gasteiger partial charge in [0.25, 0.3) is 0 Å². The summed E-state index contributed by atoms with van der Waals surface area (Å²) in [6.07, 6.45) is 4.27. The molecule has 2 aliphatic carbocycles. The Morgan fingerprint density at radius 1 is 1.29 bits per heavy atom. The second-order valence-electron chi connectivity index (χ2n) is 4.04. The zero-order chi connectivity index (χ0) is 10.3. The van der Waals surface area contributed by atoms with Crippen LogP contribution in [-0.4, -0.2) is 16.7 Å². The SMILES string of the molecule is CC1=CC(=O)C2CC1C(C)=C/C2=N/O. The topological polar surface area (TPSA) is 49.7 Å². The molecule has 2 atom stereocenters. The van der Waals surface area contributed by atoms with Crippen molar-refractivity contribution in [1.82, 2.24) is 0 Å². The van der Waals surface area contributed by atoms with Crippen LogP contribution in [0.1, 0.15) is 20.3 Å². The van der Waals surface area contributed by atoms with Gasteiger partial charge in [0, 0.05) is 5.92 Å². The van der Waals surface area contributed by atoms with E-state index in [9.17, 15) is 4.79 Å². The monoisotopic (exact) mass is 191 g/mol. The molecule has 0 aliphatic heterocycles. The Labute approximate surface area is 82.8 Å². The van der Waals surface area contributed by atoms with Gasteiger partial charge in [-0.05, 0) is 32.4 Å². The third-order valence-electron chi connectivity index (χ3n) is 3.13. The van der Waals surface area contributed by atoms with Crippen molar-refractivity contribution >= 4 is 11.5 Å². The van der Waals surface area contributed by atoms with Gasteiger partial charge in [-0.1, -0.05) is 16.3 Å². The maximum atomic E-state index is 11.6. The molecule has 2 unspecified atom stereocenters. The highest BCUT2D eigenvalue weighted by Gasteiger charge is 2.35. The summed E-state index contributed by atoms with van der Waals surface area (Å²) in [6.45, 7) is 4.00. The van der Waals surface area contributed by atoms with Gasteiger partial charge >= 0.3 is 0 Å². The van der Waals surface area contributed by atoms with E-state index in [1.807, 2.05) is 19.9 Å². The van der Waals surface area contributed by atoms with Crippen molar-refractivity contribution < 1.29 is 10.0 Å². The Bertz CT molecular complexity index is 377. The zero-order valence-corrected chi connectivity index (χ0v) is 8.32. The van der Waals surface area contributed by atoms with Crippen LogP contribution in [0.3, 0.4) is 0 Å². The summed E-state index contributed by atoms with van der Waals surface area (Å²) in [4.78, 5) is 11.6. The molecule has 3 nitrogen and oxygen atoms in total. The molecule has 14 heavy (non-hydrogen) atoms. The Morgan fingerprint density at radius 2 is 1.93 bits per heavy atom. The molecule has 0 fully saturated rings. The molecule has 1 N–H and O–H groups in total. The zero-order valence-electron chi connectivity index (χ0n) is 8.32. The first-order valence-electron chi connectivity index (χ1n) is 4.75. The minimum atomic E-state index is -0.225. The summed E-state index contributed by atoms with van der Waals surface area (Å²) in [5.41, 5.74) is 2.81. The summed E-state index contributed by atoms with van der Waals surface area (Å²) >= 11 is 0. The normalized spacial score (nSPS) is 34.1. The van der Waals surface area contributed by atoms with E-state index in [2.05, 4.69) is 5.16 Å². The number of ketones is 1. The molecule has 2 rings (SSSR count). The Hall–Kier alpha value is -1.38. The van der Waals surface area contributed by atoms with Gasteiger partial charge in [-0.15, -0.1) is 0 Å². The molecule has 0 spiro atoms. The van der Waals surface area contributed by atoms with Crippen molar-refractivity contribution in [3.05, 3.63) is 23.3 Å². The van der Waals surface area contributed by atoms with E-state index < -0.39 is 0 Å². The summed E-state index contributed by atoms with van der Waals surface area (Å²) in [7, 11) is 0. The Kier molecular flexibility index (Phi) is 2.02. The minimum Gasteiger partial charge on any atom is -0.411 e. The predicted molar refractivity (Wildman–Crippen MR) is 53.3 cm³/mol. The molecule has 0 aromatic carbocycles. The third-order valence-corrected chi connectivity index (χ3v) is 3.13. The van der Waals surface area contributed by atoms with Crippen LogP contribution >= 0.6 is 0 Å². The molecule has 74 valence electrons. The van der Waals surface area contributed by atoms with Gasteiger partial charge < -0.3 is 5.21 Å². The van der Waals surface area contributed by atoms with E-state index in [4.69, 9.17) is 5.21 Å². The number of rotatable bonds is 0. The molecule has 2 aliphatic rings. The van der Waals surface area contributed by atoms with E-state index in [-0.39, 0.29) is 11.7 Å². The maximum absolute atomic E-state index is 11.6. The maximum Gasteiger partial charge on any atom is 0.164 e. The first-order chi connectivity index (χ1) is 6.63. The van der Waals surface area contributed by atoms with Gasteiger partial charge in [-0.3, -0.25) is 4.79 Å². The lowest BCUT2D eigenvalue weighted by atomic mass is 9.71. The number of allylic oxidation sites excluding steroid dienone is 4. The van der Waals surface area contributed by atoms with Crippen LogP contribution < -0.4 is 0 Å². The van der Waals surface area contributed by atoms with Crippen LogP contribution in [0.2, 0.25) is 0 Å². The van der Waals surface area contributed by atoms with Crippen LogP contribution in [0.5, 0.6) is 0 Å². The number of fused-ring (bicyclic) bond motifs is 2. The molecule has 3 heteroatoms. The van der Waals surface area contributed by atoms with E-state index in [0.717, 1.165) is 12.0 Å². The summed E-state index contributed by atoms with van der Waals surface area (Å²) in [5, 5.41) is 12.0. The molecule has 0 amide bonds. The largest absolute Gasteiger partial charge is 0.411 e. The molecule has 0 radical (unpaired) electrons. The second kappa shape index (κ2) is 3.08. The molecule has 0 saturated carbocycles. The van der Waals surface area contributed by atoms with E-state index in [0.29, 0.717) is 11.6 Å². The molecule has 2 bridgehead atoms. The predicted octanol–water partition coefficient (Wildman–Crippen LogP) is 1.93. The molecule has 0 saturated heterocycles. The lowest BCUT2D eigenvalue weighted by molar-refractivity contribution is -0.117. The van der Waals surface area contributed by atoms with E-state index in [1.165, 1.54) is 5.57 Å². The van der Waals surface area contributed by atoms with Gasteiger partial charge in [-0.2, -0.15) is 0 Å². The van der Waals surface area contributed by atoms with Crippen molar-refractivity contribution in [2.24, 2.45) is 17.0 Å². The Balaban J connectivity index is 2.49. The highest BCUT2D eigenvalue weighted by molar-refractivity contribution is 6.15. The van der Waals surface area contributed by atoms with Crippen molar-refractivity contribution in [2.45, 2.75) is 20.3 Å². The number of carbonyl (C=O) groups excluding carboxylic acids is 1. The number of hydrogen-bond donors (Lipinski definition) is 1. The van der Waals surface area contributed by atoms with Crippen molar-refractivity contribution in [3.63, 3.8) is 0 Å². The number of nitrogens with zero attached hydrogens (tertiary/aromatic N) is 1. The van der Waals surface area contributed by atoms with Gasteiger partial charge in [0.05, 0.1) is 11.6 Å². The van der Waals surface area contributed by atoms with Gasteiger partial charge in [0.1, 0.15) is 0 Å². The van der Waals surface area contributed by atoms with E-state index in [1.54, 1.807) is 6.08 Å². The summed E-state index contributed by atoms with van der Waals surface area (Å²) < 4.78 is 0. The van der Waals surface area contributed by atoms with Crippen LogP contribution in [0.4, 0.5) is 0 Å². The molecular weight excluding hydrogens is 178 g/mol. The lowest BCUT2D eigenvalue weighted by Crippen LogP contribution is -2.33. The van der Waals surface area contributed by atoms with Crippen molar-refractivity contribution in [2.75, 3.05) is 0 Å². The number of carbonyl (C=O) groups is 1. The fourth-order valence-electron chi connectivity index (χ4n) is 2.31. The number of hydrogen-bond acceptors (Lipinski definition) is 3. The lowest BCUT2D eigenvalue weighted by Gasteiger charge is -2.32. The van der Waals surface area contributed by atoms with Gasteiger partial charge in [0.2, 0.25) is 0 Å². The standard InChI is InChI=1S/C11H13NO2/c1-6-3-10(12-14)9-5-8(6)7(2)4-11(9)13/h3-4,8-9,14H,5H2,1-2H3/b12-10-. The molecule has 0 aromatic heterocycles. The van der Waals surface area contributed by atoms with Gasteiger partial charge in [-0.25, -0.2) is 0 Å². The minimum absolute atomic E-state index is 0.0651. The summed E-state index contributed by atoms with van der Waals surface area (Å²) in [5.74, 6) is 0.205. The fourth-order valence-corrected chi connectivity index (χ4v) is 2.31. The van der Waals surface area contributed by atoms with Gasteiger partial charge in [0.15, 0.2) is 5.78 Å². The fraction of sp³-hybridized carbons (Fsp3) is 0.455. The smallest absolute Gasteiger partial charge is 0.164 e. The first-order valence-corrected chi connectivity index (χ1v) is 4.75. The molecular formula is C11H13NO2. The average molecular weight is 191 g/mol. The quantitative estimate of drug-likeness (QED) is 0.470. The van der Waals surface area contributed by atoms with E-state index >= 15 is 0 Å². The molecule has 0 heterocycles. The second-order valence-corrected chi connectivity index (χ2v) is 4.04. The summed E-state index contributed by atoms with van der Waals surface area (Å²) in [6, 6.07) is 0. The van der Waals surface area contributed by atoms with Crippen molar-refractivity contribution in [1.29, 1.82) is 0 Å². The Morgan fingerprint density at radius 3 is 2.57 bits per heavy atom. The first kappa shape index (κ1) is 9.19. The van der Waals surface area contributed by atoms with Crippen molar-refractivity contribution in [3.8, 4) is 0 Å². The molecule has 0 aromatic rings. The average Bonchev–Trinajstić information content (AvgIpc) is 2.15. The van der Waals surface area contributed by atoms with Crippen LogP contribution in [0.25, 0.3) is 0 Å². The van der Waals surface area contributed by atoms with Crippen LogP contribution in [0, 0.1) is 11.8 Å².